The number of anilines is 1. The molecule has 106 valence electrons. The Labute approximate surface area is 117 Å². The Hall–Kier alpha value is -0.660. The summed E-state index contributed by atoms with van der Waals surface area (Å²) in [6, 6.07) is 0. The molecular formula is C12H19N3O2S2. The summed E-state index contributed by atoms with van der Waals surface area (Å²) in [7, 11) is -3.41. The van der Waals surface area contributed by atoms with Gasteiger partial charge in [-0.05, 0) is 44.4 Å². The maximum Gasteiger partial charge on any atom is 0.254 e. The molecule has 0 bridgehead atoms. The predicted octanol–water partition coefficient (Wildman–Crippen LogP) is 1.84. The molecular weight excluding hydrogens is 282 g/mol. The maximum atomic E-state index is 12.7. The lowest BCUT2D eigenvalue weighted by Crippen LogP contribution is -2.34. The van der Waals surface area contributed by atoms with Crippen LogP contribution in [0.3, 0.4) is 0 Å². The first kappa shape index (κ1) is 13.3. The largest absolute Gasteiger partial charge is 0.375 e. The van der Waals surface area contributed by atoms with Gasteiger partial charge < -0.3 is 5.73 Å². The molecule has 3 rings (SSSR count). The average Bonchev–Trinajstić information content (AvgIpc) is 3.21. The lowest BCUT2D eigenvalue weighted by Gasteiger charge is -2.21. The molecule has 2 aliphatic carbocycles. The van der Waals surface area contributed by atoms with Gasteiger partial charge in [-0.25, -0.2) is 13.4 Å². The van der Waals surface area contributed by atoms with Crippen molar-refractivity contribution in [3.8, 4) is 0 Å². The average molecular weight is 301 g/mol. The molecule has 1 aromatic rings. The number of rotatable bonds is 6. The monoisotopic (exact) mass is 301 g/mol. The molecule has 19 heavy (non-hydrogen) atoms. The van der Waals surface area contributed by atoms with Crippen molar-refractivity contribution in [2.75, 3.05) is 18.8 Å². The van der Waals surface area contributed by atoms with Crippen molar-refractivity contribution in [3.63, 3.8) is 0 Å². The summed E-state index contributed by atoms with van der Waals surface area (Å²) in [5, 5.41) is 0.328. The van der Waals surface area contributed by atoms with Crippen molar-refractivity contribution in [2.45, 2.75) is 36.8 Å². The number of aryl methyl sites for hydroxylation is 1. The zero-order valence-electron chi connectivity index (χ0n) is 11.0. The first-order valence-corrected chi connectivity index (χ1v) is 8.95. The van der Waals surface area contributed by atoms with Crippen molar-refractivity contribution in [2.24, 2.45) is 11.8 Å². The van der Waals surface area contributed by atoms with Gasteiger partial charge in [0.15, 0.2) is 9.34 Å². The molecule has 1 aromatic heterocycles. The lowest BCUT2D eigenvalue weighted by molar-refractivity contribution is 0.383. The van der Waals surface area contributed by atoms with E-state index in [9.17, 15) is 8.42 Å². The van der Waals surface area contributed by atoms with Crippen LogP contribution in [-0.2, 0) is 10.0 Å². The van der Waals surface area contributed by atoms with E-state index in [1.54, 1.807) is 11.2 Å². The Morgan fingerprint density at radius 1 is 1.26 bits per heavy atom. The number of aromatic nitrogens is 1. The van der Waals surface area contributed by atoms with Gasteiger partial charge in [0, 0.05) is 13.1 Å². The van der Waals surface area contributed by atoms with E-state index in [0.29, 0.717) is 40.0 Å². The van der Waals surface area contributed by atoms with E-state index < -0.39 is 10.0 Å². The minimum atomic E-state index is -3.41. The molecule has 0 atom stereocenters. The number of sulfonamides is 1. The van der Waals surface area contributed by atoms with Gasteiger partial charge in [-0.2, -0.15) is 4.31 Å². The van der Waals surface area contributed by atoms with E-state index in [0.717, 1.165) is 37.0 Å². The summed E-state index contributed by atoms with van der Waals surface area (Å²) in [6.45, 7) is 3.04. The summed E-state index contributed by atoms with van der Waals surface area (Å²) in [5.41, 5.74) is 6.15. The second-order valence-corrected chi connectivity index (χ2v) is 8.80. The van der Waals surface area contributed by atoms with Crippen molar-refractivity contribution < 1.29 is 8.42 Å². The summed E-state index contributed by atoms with van der Waals surface area (Å²) < 4.78 is 27.5. The SMILES string of the molecule is Cc1nc(N)sc1S(=O)(=O)N(CC1CC1)CC1CC1. The molecule has 5 nitrogen and oxygen atoms in total. The molecule has 7 heteroatoms. The van der Waals surface area contributed by atoms with Gasteiger partial charge in [0.1, 0.15) is 0 Å². The molecule has 0 spiro atoms. The van der Waals surface area contributed by atoms with E-state index in [1.807, 2.05) is 0 Å². The van der Waals surface area contributed by atoms with Gasteiger partial charge in [0.25, 0.3) is 10.0 Å². The highest BCUT2D eigenvalue weighted by Crippen LogP contribution is 2.37. The fourth-order valence-electron chi connectivity index (χ4n) is 2.21. The van der Waals surface area contributed by atoms with E-state index >= 15 is 0 Å². The fraction of sp³-hybridized carbons (Fsp3) is 0.750. The highest BCUT2D eigenvalue weighted by molar-refractivity contribution is 7.91. The lowest BCUT2D eigenvalue weighted by atomic mass is 10.4. The molecule has 2 saturated carbocycles. The van der Waals surface area contributed by atoms with Crippen molar-refractivity contribution in [1.82, 2.24) is 9.29 Å². The Kier molecular flexibility index (Phi) is 3.31. The number of nitrogen functional groups attached to an aromatic ring is 1. The highest BCUT2D eigenvalue weighted by atomic mass is 32.2. The third-order valence-electron chi connectivity index (χ3n) is 3.66. The molecule has 2 aliphatic rings. The van der Waals surface area contributed by atoms with Crippen LogP contribution in [0.5, 0.6) is 0 Å². The number of nitrogens with two attached hydrogens (primary N) is 1. The van der Waals surface area contributed by atoms with Gasteiger partial charge in [0.2, 0.25) is 0 Å². The smallest absolute Gasteiger partial charge is 0.254 e. The third-order valence-corrected chi connectivity index (χ3v) is 7.07. The Morgan fingerprint density at radius 2 is 1.79 bits per heavy atom. The zero-order chi connectivity index (χ0) is 13.6. The summed E-state index contributed by atoms with van der Waals surface area (Å²) in [4.78, 5) is 4.04. The number of hydrogen-bond donors (Lipinski definition) is 1. The van der Waals surface area contributed by atoms with Crippen LogP contribution in [0, 0.1) is 18.8 Å². The second kappa shape index (κ2) is 4.71. The van der Waals surface area contributed by atoms with Crippen LogP contribution in [0.15, 0.2) is 4.21 Å². The Morgan fingerprint density at radius 3 is 2.16 bits per heavy atom. The van der Waals surface area contributed by atoms with E-state index in [1.165, 1.54) is 0 Å². The number of hydrogen-bond acceptors (Lipinski definition) is 5. The predicted molar refractivity (Wildman–Crippen MR) is 75.5 cm³/mol. The minimum Gasteiger partial charge on any atom is -0.375 e. The van der Waals surface area contributed by atoms with Crippen LogP contribution in [-0.4, -0.2) is 30.8 Å². The first-order valence-electron chi connectivity index (χ1n) is 6.70. The maximum absolute atomic E-state index is 12.7. The molecule has 0 radical (unpaired) electrons. The molecule has 0 saturated heterocycles. The standard InChI is InChI=1S/C12H19N3O2S2/c1-8-11(18-12(13)14-8)19(16,17)15(6-9-2-3-9)7-10-4-5-10/h9-10H,2-7H2,1H3,(H2,13,14). The van der Waals surface area contributed by atoms with Gasteiger partial charge in [-0.15, -0.1) is 0 Å². The van der Waals surface area contributed by atoms with Crippen LogP contribution in [0.4, 0.5) is 5.13 Å². The van der Waals surface area contributed by atoms with Crippen LogP contribution >= 0.6 is 11.3 Å². The topological polar surface area (TPSA) is 76.3 Å². The molecule has 0 aliphatic heterocycles. The molecule has 2 fully saturated rings. The van der Waals surface area contributed by atoms with Crippen LogP contribution < -0.4 is 5.73 Å². The van der Waals surface area contributed by atoms with Gasteiger partial charge in [-0.3, -0.25) is 0 Å². The van der Waals surface area contributed by atoms with Crippen LogP contribution in [0.1, 0.15) is 31.4 Å². The first-order chi connectivity index (χ1) is 8.96. The summed E-state index contributed by atoms with van der Waals surface area (Å²) in [5.74, 6) is 1.11. The normalized spacial score (nSPS) is 20.1. The van der Waals surface area contributed by atoms with Crippen LogP contribution in [0.25, 0.3) is 0 Å². The molecule has 1 heterocycles. The minimum absolute atomic E-state index is 0.325. The van der Waals surface area contributed by atoms with Crippen LogP contribution in [0.2, 0.25) is 0 Å². The van der Waals surface area contributed by atoms with Gasteiger partial charge in [0.05, 0.1) is 5.69 Å². The number of nitrogens with zero attached hydrogens (tertiary/aromatic N) is 2. The second-order valence-electron chi connectivity index (χ2n) is 5.63. The summed E-state index contributed by atoms with van der Waals surface area (Å²) in [6.07, 6.45) is 4.61. The number of thiazole rings is 1. The molecule has 0 aromatic carbocycles. The molecule has 0 unspecified atom stereocenters. The molecule has 2 N–H and O–H groups in total. The Bertz CT molecular complexity index is 560. The Balaban J connectivity index is 1.87. The van der Waals surface area contributed by atoms with E-state index in [2.05, 4.69) is 4.98 Å². The summed E-state index contributed by atoms with van der Waals surface area (Å²) >= 11 is 1.08. The fourth-order valence-corrected chi connectivity index (χ4v) is 5.23. The van der Waals surface area contributed by atoms with Crippen molar-refractivity contribution >= 4 is 26.5 Å². The van der Waals surface area contributed by atoms with Gasteiger partial charge >= 0.3 is 0 Å². The van der Waals surface area contributed by atoms with Crippen molar-refractivity contribution in [1.29, 1.82) is 0 Å². The zero-order valence-corrected chi connectivity index (χ0v) is 12.6. The molecule has 0 amide bonds. The third kappa shape index (κ3) is 2.93. The quantitative estimate of drug-likeness (QED) is 0.870. The van der Waals surface area contributed by atoms with Gasteiger partial charge in [-0.1, -0.05) is 11.3 Å². The van der Waals surface area contributed by atoms with E-state index in [-0.39, 0.29) is 0 Å². The van der Waals surface area contributed by atoms with Crippen molar-refractivity contribution in [3.05, 3.63) is 5.69 Å². The van der Waals surface area contributed by atoms with E-state index in [4.69, 9.17) is 5.73 Å². The highest BCUT2D eigenvalue weighted by Gasteiger charge is 2.37.